The van der Waals surface area contributed by atoms with E-state index >= 15 is 0 Å². The topological polar surface area (TPSA) is 117 Å². The number of benzene rings is 2. The summed E-state index contributed by atoms with van der Waals surface area (Å²) < 4.78 is 18.1. The van der Waals surface area contributed by atoms with Gasteiger partial charge in [0.25, 0.3) is 8.32 Å². The number of anilines is 2. The van der Waals surface area contributed by atoms with Gasteiger partial charge in [-0.3, -0.25) is 14.6 Å². The number of piperidine rings is 1. The number of hydrogen-bond acceptors (Lipinski definition) is 9. The molecule has 0 saturated carbocycles. The van der Waals surface area contributed by atoms with Crippen molar-refractivity contribution in [3.63, 3.8) is 0 Å². The minimum atomic E-state index is -2.25. The number of carbonyl (C=O) groups is 1. The minimum absolute atomic E-state index is 0.171. The SMILES string of the molecule is CC(C)[Si](Oc1ccc(-n2nc(C(C)(C)C)cc2NC(=O)N[C@H]2CC[C@@H](Oc3ccc4nnc(N5CCCC[C@@H]5C)n4c3)c3ccccc32)cc1CN1CCN(C)CC1)(C(C)C)C(C)C. The highest BCUT2D eigenvalue weighted by molar-refractivity contribution is 6.78. The molecule has 0 unspecified atom stereocenters. The zero-order valence-electron chi connectivity index (χ0n) is 40.9. The maximum atomic E-state index is 14.2. The highest BCUT2D eigenvalue weighted by Gasteiger charge is 2.47. The molecular weight excluding hydrogens is 829 g/mol. The fraction of sp³-hybridized carbons (Fsp3) is 0.569. The number of nitrogens with zero attached hydrogens (tertiary/aromatic N) is 8. The van der Waals surface area contributed by atoms with E-state index in [1.165, 1.54) is 6.42 Å². The minimum Gasteiger partial charge on any atom is -0.542 e. The number of urea groups is 1. The van der Waals surface area contributed by atoms with Crippen molar-refractivity contribution in [2.45, 2.75) is 148 Å². The molecule has 5 aromatic rings. The van der Waals surface area contributed by atoms with Gasteiger partial charge in [-0.1, -0.05) is 86.6 Å². The first-order chi connectivity index (χ1) is 31.0. The van der Waals surface area contributed by atoms with Gasteiger partial charge in [0.2, 0.25) is 5.95 Å². The molecule has 3 atom stereocenters. The molecule has 2 aromatic carbocycles. The lowest BCUT2D eigenvalue weighted by Crippen LogP contribution is -2.51. The largest absolute Gasteiger partial charge is 0.542 e. The molecule has 2 amide bonds. The lowest BCUT2D eigenvalue weighted by atomic mass is 9.85. The molecule has 350 valence electrons. The lowest BCUT2D eigenvalue weighted by molar-refractivity contribution is 0.147. The van der Waals surface area contributed by atoms with Crippen LogP contribution in [0.15, 0.2) is 66.9 Å². The Morgan fingerprint density at radius 3 is 2.26 bits per heavy atom. The van der Waals surface area contributed by atoms with Gasteiger partial charge >= 0.3 is 6.03 Å². The van der Waals surface area contributed by atoms with Crippen LogP contribution >= 0.6 is 0 Å². The molecule has 14 heteroatoms. The Morgan fingerprint density at radius 1 is 0.846 bits per heavy atom. The van der Waals surface area contributed by atoms with Crippen molar-refractivity contribution in [2.75, 3.05) is 50.0 Å². The molecule has 3 aliphatic rings. The van der Waals surface area contributed by atoms with E-state index < -0.39 is 8.32 Å². The molecule has 0 radical (unpaired) electrons. The number of likely N-dealkylation sites (N-methyl/N-ethyl adjacent to an activating group) is 1. The second-order valence-electron chi connectivity index (χ2n) is 21.0. The van der Waals surface area contributed by atoms with E-state index in [0.717, 1.165) is 116 Å². The normalized spacial score (nSPS) is 20.2. The van der Waals surface area contributed by atoms with Gasteiger partial charge in [0.15, 0.2) is 5.65 Å². The molecule has 2 fully saturated rings. The van der Waals surface area contributed by atoms with E-state index in [-0.39, 0.29) is 23.6 Å². The van der Waals surface area contributed by atoms with Crippen molar-refractivity contribution in [2.24, 2.45) is 0 Å². The van der Waals surface area contributed by atoms with Crippen LogP contribution in [-0.2, 0) is 12.0 Å². The lowest BCUT2D eigenvalue weighted by Gasteiger charge is -2.43. The number of carbonyl (C=O) groups excluding carboxylic acids is 1. The summed E-state index contributed by atoms with van der Waals surface area (Å²) >= 11 is 0. The summed E-state index contributed by atoms with van der Waals surface area (Å²) in [6, 6.07) is 20.7. The first kappa shape index (κ1) is 46.6. The first-order valence-electron chi connectivity index (χ1n) is 24.3. The van der Waals surface area contributed by atoms with Crippen LogP contribution in [0.2, 0.25) is 16.6 Å². The van der Waals surface area contributed by atoms with Gasteiger partial charge in [-0.2, -0.15) is 5.10 Å². The number of pyridine rings is 1. The Kier molecular flexibility index (Phi) is 13.7. The average molecular weight is 903 g/mol. The third-order valence-corrected chi connectivity index (χ3v) is 20.4. The molecule has 2 saturated heterocycles. The highest BCUT2D eigenvalue weighted by Crippen LogP contribution is 2.44. The summed E-state index contributed by atoms with van der Waals surface area (Å²) in [5.74, 6) is 3.23. The van der Waals surface area contributed by atoms with Crippen molar-refractivity contribution < 1.29 is 14.0 Å². The standard InChI is InChI=1S/C51H74N10O3Si/c1-34(2)65(35(3)4,36(5)6)64-44-22-19-39(30-38(44)32-58-28-26-57(11)27-29-58)61-48(31-46(56-61)51(8,9)10)53-49(62)52-43-21-23-45(42-18-13-12-17-41(42)43)63-40-20-24-47-54-55-50(60(47)33-40)59-25-15-14-16-37(59)7/h12-13,17-20,22,24,30-31,33-37,43,45H,14-16,21,23,25-29,32H2,1-11H3,(H2,52,53,62)/t37-,43-,45+/m0/s1. The Morgan fingerprint density at radius 2 is 1.57 bits per heavy atom. The average Bonchev–Trinajstić information content (AvgIpc) is 3.89. The van der Waals surface area contributed by atoms with Crippen molar-refractivity contribution in [3.05, 3.63) is 89.2 Å². The number of rotatable bonds is 13. The number of fused-ring (bicyclic) bond motifs is 2. The molecule has 13 nitrogen and oxygen atoms in total. The molecule has 0 bridgehead atoms. The van der Waals surface area contributed by atoms with Gasteiger partial charge in [-0.25, -0.2) is 9.48 Å². The third-order valence-electron chi connectivity index (χ3n) is 14.4. The van der Waals surface area contributed by atoms with Crippen molar-refractivity contribution in [1.29, 1.82) is 0 Å². The zero-order chi connectivity index (χ0) is 46.2. The smallest absolute Gasteiger partial charge is 0.320 e. The van der Waals surface area contributed by atoms with Crippen LogP contribution in [-0.4, -0.2) is 94.3 Å². The fourth-order valence-electron chi connectivity index (χ4n) is 10.8. The summed E-state index contributed by atoms with van der Waals surface area (Å²) in [7, 11) is -0.0490. The van der Waals surface area contributed by atoms with Gasteiger partial charge in [-0.05, 0) is 104 Å². The molecule has 8 rings (SSSR count). The second kappa shape index (κ2) is 19.1. The monoisotopic (exact) mass is 903 g/mol. The number of hydrogen-bond donors (Lipinski definition) is 2. The maximum Gasteiger partial charge on any atom is 0.320 e. The number of aromatic nitrogens is 5. The number of nitrogens with one attached hydrogen (secondary N) is 2. The van der Waals surface area contributed by atoms with Crippen LogP contribution in [0, 0.1) is 0 Å². The van der Waals surface area contributed by atoms with E-state index in [9.17, 15) is 4.79 Å². The fourth-order valence-corrected chi connectivity index (χ4v) is 16.0. The predicted octanol–water partition coefficient (Wildman–Crippen LogP) is 10.7. The van der Waals surface area contributed by atoms with E-state index in [1.807, 2.05) is 41.2 Å². The summed E-state index contributed by atoms with van der Waals surface area (Å²) in [6.45, 7) is 28.6. The van der Waals surface area contributed by atoms with Crippen LogP contribution in [0.1, 0.15) is 136 Å². The van der Waals surface area contributed by atoms with E-state index in [4.69, 9.17) is 14.3 Å². The highest BCUT2D eigenvalue weighted by atomic mass is 28.4. The molecule has 65 heavy (non-hydrogen) atoms. The van der Waals surface area contributed by atoms with Crippen molar-refractivity contribution in [3.8, 4) is 17.2 Å². The third kappa shape index (κ3) is 9.81. The van der Waals surface area contributed by atoms with E-state index in [1.54, 1.807) is 0 Å². The van der Waals surface area contributed by atoms with Crippen molar-refractivity contribution >= 4 is 31.8 Å². The molecule has 2 N–H and O–H groups in total. The summed E-state index contributed by atoms with van der Waals surface area (Å²) in [5.41, 5.74) is 6.97. The van der Waals surface area contributed by atoms with Crippen LogP contribution in [0.25, 0.3) is 11.3 Å². The van der Waals surface area contributed by atoms with Crippen LogP contribution in [0.3, 0.4) is 0 Å². The quantitative estimate of drug-likeness (QED) is 0.111. The molecule has 0 spiro atoms. The van der Waals surface area contributed by atoms with Gasteiger partial charge in [0.1, 0.15) is 23.4 Å². The summed E-state index contributed by atoms with van der Waals surface area (Å²) in [5, 5.41) is 20.8. The van der Waals surface area contributed by atoms with Crippen LogP contribution < -0.4 is 24.7 Å². The molecule has 3 aromatic heterocycles. The Labute approximate surface area is 388 Å². The number of amides is 2. The predicted molar refractivity (Wildman–Crippen MR) is 264 cm³/mol. The van der Waals surface area contributed by atoms with Gasteiger partial charge in [0.05, 0.1) is 23.6 Å². The van der Waals surface area contributed by atoms with Crippen molar-refractivity contribution in [1.82, 2.24) is 39.5 Å². The maximum absolute atomic E-state index is 14.2. The van der Waals surface area contributed by atoms with Gasteiger partial charge < -0.3 is 24.3 Å². The Bertz CT molecular complexity index is 2410. The Balaban J connectivity index is 1.04. The number of ether oxygens (including phenoxy) is 1. The first-order valence-corrected chi connectivity index (χ1v) is 26.4. The molecular formula is C51H74N10O3Si. The molecule has 5 heterocycles. The number of piperazine rings is 1. The van der Waals surface area contributed by atoms with Gasteiger partial charge in [-0.15, -0.1) is 10.2 Å². The van der Waals surface area contributed by atoms with Gasteiger partial charge in [0, 0.05) is 62.4 Å². The summed E-state index contributed by atoms with van der Waals surface area (Å²) in [6.07, 6.45) is 6.86. The second-order valence-corrected chi connectivity index (χ2v) is 26.3. The Hall–Kier alpha value is -4.92. The van der Waals surface area contributed by atoms with E-state index in [2.05, 4.69) is 147 Å². The summed E-state index contributed by atoms with van der Waals surface area (Å²) in [4.78, 5) is 21.5. The zero-order valence-corrected chi connectivity index (χ0v) is 41.9. The van der Waals surface area contributed by atoms with E-state index in [0.29, 0.717) is 28.5 Å². The molecule has 2 aliphatic heterocycles. The van der Waals surface area contributed by atoms with Crippen LogP contribution in [0.5, 0.6) is 11.5 Å². The van der Waals surface area contributed by atoms with Crippen LogP contribution in [0.4, 0.5) is 16.6 Å². The molecule has 1 aliphatic carbocycles.